The first-order valence-electron chi connectivity index (χ1n) is 6.20. The second-order valence-electron chi connectivity index (χ2n) is 4.29. The molecule has 6 heteroatoms. The predicted molar refractivity (Wildman–Crippen MR) is 73.8 cm³/mol. The van der Waals surface area contributed by atoms with Crippen LogP contribution in [0.4, 0.5) is 5.69 Å². The summed E-state index contributed by atoms with van der Waals surface area (Å²) in [6.45, 7) is 2.43. The summed E-state index contributed by atoms with van der Waals surface area (Å²) in [5, 5.41) is 7.15. The minimum atomic E-state index is 0.509. The third-order valence-corrected chi connectivity index (χ3v) is 2.78. The van der Waals surface area contributed by atoms with Crippen LogP contribution in [-0.4, -0.2) is 20.1 Å². The lowest BCUT2D eigenvalue weighted by Gasteiger charge is -2.09. The second-order valence-corrected chi connectivity index (χ2v) is 4.29. The van der Waals surface area contributed by atoms with Crippen LogP contribution >= 0.6 is 0 Å². The van der Waals surface area contributed by atoms with E-state index in [4.69, 9.17) is 4.52 Å². The first-order valence-corrected chi connectivity index (χ1v) is 6.20. The van der Waals surface area contributed by atoms with Gasteiger partial charge in [0.15, 0.2) is 5.82 Å². The van der Waals surface area contributed by atoms with Gasteiger partial charge in [0.1, 0.15) is 6.33 Å². The van der Waals surface area contributed by atoms with Gasteiger partial charge < -0.3 is 9.84 Å². The Hall–Kier alpha value is -2.76. The number of hydrogen-bond acceptors (Lipinski definition) is 6. The van der Waals surface area contributed by atoms with E-state index < -0.39 is 0 Å². The molecule has 1 aromatic carbocycles. The molecule has 6 nitrogen and oxygen atoms in total. The first kappa shape index (κ1) is 12.3. The molecule has 0 fully saturated rings. The summed E-state index contributed by atoms with van der Waals surface area (Å²) in [4.78, 5) is 12.2. The van der Waals surface area contributed by atoms with Gasteiger partial charge in [-0.05, 0) is 19.1 Å². The normalized spacial score (nSPS) is 10.4. The lowest BCUT2D eigenvalue weighted by molar-refractivity contribution is 0.426. The summed E-state index contributed by atoms with van der Waals surface area (Å²) in [6, 6.07) is 7.80. The van der Waals surface area contributed by atoms with E-state index in [9.17, 15) is 0 Å². The zero-order valence-corrected chi connectivity index (χ0v) is 10.9. The molecule has 1 N–H and O–H groups in total. The molecule has 0 aliphatic heterocycles. The number of nitrogens with one attached hydrogen (secondary N) is 1. The fourth-order valence-corrected chi connectivity index (χ4v) is 1.85. The summed E-state index contributed by atoms with van der Waals surface area (Å²) in [5.41, 5.74) is 2.81. The molecule has 20 heavy (non-hydrogen) atoms. The monoisotopic (exact) mass is 267 g/mol. The maximum Gasteiger partial charge on any atom is 0.260 e. The smallest absolute Gasteiger partial charge is 0.260 e. The Morgan fingerprint density at radius 2 is 1.95 bits per heavy atom. The Morgan fingerprint density at radius 3 is 2.70 bits per heavy atom. The molecule has 100 valence electrons. The Labute approximate surface area is 115 Å². The lowest BCUT2D eigenvalue weighted by Crippen LogP contribution is -2.01. The number of para-hydroxylation sites is 1. The van der Waals surface area contributed by atoms with Crippen LogP contribution in [0.25, 0.3) is 11.5 Å². The van der Waals surface area contributed by atoms with E-state index in [1.807, 2.05) is 24.3 Å². The van der Waals surface area contributed by atoms with Gasteiger partial charge >= 0.3 is 0 Å². The molecule has 0 saturated carbocycles. The number of benzene rings is 1. The van der Waals surface area contributed by atoms with Gasteiger partial charge in [-0.2, -0.15) is 4.98 Å². The van der Waals surface area contributed by atoms with Crippen LogP contribution in [-0.2, 0) is 6.54 Å². The quantitative estimate of drug-likeness (QED) is 0.782. The van der Waals surface area contributed by atoms with Gasteiger partial charge in [0.05, 0.1) is 5.56 Å². The molecule has 0 bridgehead atoms. The largest absolute Gasteiger partial charge is 0.380 e. The van der Waals surface area contributed by atoms with E-state index in [-0.39, 0.29) is 0 Å². The van der Waals surface area contributed by atoms with E-state index in [0.717, 1.165) is 16.8 Å². The fraction of sp³-hybridized carbons (Fsp3) is 0.143. The lowest BCUT2D eigenvalue weighted by atomic mass is 10.1. The van der Waals surface area contributed by atoms with Crippen LogP contribution in [0.5, 0.6) is 0 Å². The molecular formula is C14H13N5O. The van der Waals surface area contributed by atoms with E-state index >= 15 is 0 Å². The summed E-state index contributed by atoms with van der Waals surface area (Å²) in [7, 11) is 0. The average molecular weight is 267 g/mol. The van der Waals surface area contributed by atoms with Gasteiger partial charge in [-0.15, -0.1) is 0 Å². The van der Waals surface area contributed by atoms with Crippen molar-refractivity contribution in [2.75, 3.05) is 5.32 Å². The van der Waals surface area contributed by atoms with Gasteiger partial charge in [0.25, 0.3) is 5.89 Å². The summed E-state index contributed by atoms with van der Waals surface area (Å²) >= 11 is 0. The molecule has 2 heterocycles. The highest BCUT2D eigenvalue weighted by molar-refractivity contribution is 5.72. The number of rotatable bonds is 4. The highest BCUT2D eigenvalue weighted by Gasteiger charge is 2.10. The first-order chi connectivity index (χ1) is 9.83. The van der Waals surface area contributed by atoms with Crippen LogP contribution in [0.2, 0.25) is 0 Å². The summed E-state index contributed by atoms with van der Waals surface area (Å²) in [6.07, 6.45) is 5.07. The van der Waals surface area contributed by atoms with E-state index in [0.29, 0.717) is 18.3 Å². The number of hydrogen-bond donors (Lipinski definition) is 1. The Balaban J connectivity index is 1.83. The molecule has 0 radical (unpaired) electrons. The van der Waals surface area contributed by atoms with Gasteiger partial charge in [-0.3, -0.25) is 0 Å². The van der Waals surface area contributed by atoms with Gasteiger partial charge in [-0.1, -0.05) is 17.3 Å². The topological polar surface area (TPSA) is 76.7 Å². The van der Waals surface area contributed by atoms with Gasteiger partial charge in [0, 0.05) is 30.2 Å². The molecule has 0 aliphatic rings. The summed E-state index contributed by atoms with van der Waals surface area (Å²) in [5.74, 6) is 1.13. The highest BCUT2D eigenvalue weighted by Crippen LogP contribution is 2.26. The minimum Gasteiger partial charge on any atom is -0.380 e. The van der Waals surface area contributed by atoms with E-state index in [1.165, 1.54) is 6.33 Å². The highest BCUT2D eigenvalue weighted by atomic mass is 16.5. The molecule has 0 amide bonds. The molecule has 0 aliphatic carbocycles. The fourth-order valence-electron chi connectivity index (χ4n) is 1.85. The average Bonchev–Trinajstić information content (AvgIpc) is 2.93. The Bertz CT molecular complexity index is 696. The van der Waals surface area contributed by atoms with Crippen molar-refractivity contribution >= 4 is 5.69 Å². The van der Waals surface area contributed by atoms with Gasteiger partial charge in [-0.25, -0.2) is 9.97 Å². The van der Waals surface area contributed by atoms with Crippen molar-refractivity contribution in [2.45, 2.75) is 13.5 Å². The van der Waals surface area contributed by atoms with Crippen molar-refractivity contribution < 1.29 is 4.52 Å². The second kappa shape index (κ2) is 5.48. The zero-order chi connectivity index (χ0) is 13.8. The van der Waals surface area contributed by atoms with Crippen LogP contribution in [0.15, 0.2) is 47.5 Å². The van der Waals surface area contributed by atoms with Crippen LogP contribution in [0, 0.1) is 6.92 Å². The van der Waals surface area contributed by atoms with Crippen molar-refractivity contribution in [1.82, 2.24) is 20.1 Å². The van der Waals surface area contributed by atoms with Crippen LogP contribution in [0.3, 0.4) is 0 Å². The number of aromatic nitrogens is 4. The third-order valence-electron chi connectivity index (χ3n) is 2.78. The number of nitrogens with zero attached hydrogens (tertiary/aromatic N) is 4. The molecule has 0 saturated heterocycles. The number of anilines is 1. The maximum atomic E-state index is 5.22. The SMILES string of the molecule is Cc1noc(-c2ccccc2NCc2cncnc2)n1. The molecule has 2 aromatic heterocycles. The predicted octanol–water partition coefficient (Wildman–Crippen LogP) is 2.45. The number of aryl methyl sites for hydroxylation is 1. The van der Waals surface area contributed by atoms with E-state index in [2.05, 4.69) is 25.4 Å². The molecular weight excluding hydrogens is 254 g/mol. The van der Waals surface area contributed by atoms with Crippen LogP contribution < -0.4 is 5.32 Å². The Morgan fingerprint density at radius 1 is 1.15 bits per heavy atom. The third kappa shape index (κ3) is 2.64. The molecule has 3 rings (SSSR count). The van der Waals surface area contributed by atoms with Crippen molar-refractivity contribution in [1.29, 1.82) is 0 Å². The molecule has 3 aromatic rings. The van der Waals surface area contributed by atoms with Crippen LogP contribution in [0.1, 0.15) is 11.4 Å². The molecule has 0 atom stereocenters. The summed E-state index contributed by atoms with van der Waals surface area (Å²) < 4.78 is 5.22. The maximum absolute atomic E-state index is 5.22. The molecule has 0 unspecified atom stereocenters. The van der Waals surface area contributed by atoms with Crippen molar-refractivity contribution in [3.05, 3.63) is 54.4 Å². The van der Waals surface area contributed by atoms with Crippen molar-refractivity contribution in [3.8, 4) is 11.5 Å². The standard InChI is InChI=1S/C14H13N5O/c1-10-18-14(20-19-10)12-4-2-3-5-13(12)17-8-11-6-15-9-16-7-11/h2-7,9,17H,8H2,1H3. The van der Waals surface area contributed by atoms with Crippen molar-refractivity contribution in [3.63, 3.8) is 0 Å². The van der Waals surface area contributed by atoms with E-state index in [1.54, 1.807) is 19.3 Å². The van der Waals surface area contributed by atoms with Crippen molar-refractivity contribution in [2.24, 2.45) is 0 Å². The Kier molecular flexibility index (Phi) is 3.36. The van der Waals surface area contributed by atoms with Gasteiger partial charge in [0.2, 0.25) is 0 Å². The zero-order valence-electron chi connectivity index (χ0n) is 10.9. The minimum absolute atomic E-state index is 0.509. The molecule has 0 spiro atoms.